The first kappa shape index (κ1) is 17.2. The van der Waals surface area contributed by atoms with Crippen molar-refractivity contribution in [1.29, 1.82) is 5.26 Å². The van der Waals surface area contributed by atoms with E-state index in [0.29, 0.717) is 22.5 Å². The predicted octanol–water partition coefficient (Wildman–Crippen LogP) is 2.40. The molecule has 2 aromatic heterocycles. The zero-order chi connectivity index (χ0) is 20.3. The molecule has 142 valence electrons. The van der Waals surface area contributed by atoms with E-state index in [1.165, 1.54) is 18.3 Å². The van der Waals surface area contributed by atoms with Crippen molar-refractivity contribution >= 4 is 28.8 Å². The molecule has 0 radical (unpaired) electrons. The maximum atomic E-state index is 13.8. The van der Waals surface area contributed by atoms with Crippen LogP contribution in [0, 0.1) is 11.3 Å². The number of nitriles is 1. The van der Waals surface area contributed by atoms with E-state index in [1.807, 2.05) is 17.5 Å². The van der Waals surface area contributed by atoms with Crippen molar-refractivity contribution in [3.8, 4) is 22.5 Å². The Labute approximate surface area is 168 Å². The number of hydrogen-bond donors (Lipinski definition) is 2. The number of para-hydroxylation sites is 1. The lowest BCUT2D eigenvalue weighted by atomic mass is 9.69. The summed E-state index contributed by atoms with van der Waals surface area (Å²) < 4.78 is 5.60. The minimum absolute atomic E-state index is 0.0644. The van der Waals surface area contributed by atoms with Gasteiger partial charge in [0.05, 0.1) is 21.8 Å². The van der Waals surface area contributed by atoms with Crippen LogP contribution in [0.15, 0.2) is 53.2 Å². The molecule has 0 fully saturated rings. The molecule has 4 heterocycles. The molecule has 8 nitrogen and oxygen atoms in total. The third kappa shape index (κ3) is 1.98. The van der Waals surface area contributed by atoms with Crippen molar-refractivity contribution in [2.24, 2.45) is 5.73 Å². The number of nitrogens with zero attached hydrogens (tertiary/aromatic N) is 3. The van der Waals surface area contributed by atoms with Crippen LogP contribution in [-0.4, -0.2) is 22.0 Å². The van der Waals surface area contributed by atoms with Crippen LogP contribution in [0.5, 0.6) is 5.88 Å². The number of carbonyl (C=O) groups is 2. The van der Waals surface area contributed by atoms with E-state index in [9.17, 15) is 14.9 Å². The van der Waals surface area contributed by atoms with Crippen molar-refractivity contribution < 1.29 is 14.3 Å². The number of nitrogens with one attached hydrogen (secondary N) is 1. The van der Waals surface area contributed by atoms with Crippen molar-refractivity contribution in [2.45, 2.75) is 12.3 Å². The zero-order valence-corrected chi connectivity index (χ0v) is 15.9. The molecule has 2 aliphatic rings. The molecular formula is C20H13N5O3S. The molecule has 0 bridgehead atoms. The summed E-state index contributed by atoms with van der Waals surface area (Å²) in [5, 5.41) is 19.0. The van der Waals surface area contributed by atoms with Gasteiger partial charge in [-0.1, -0.05) is 24.3 Å². The van der Waals surface area contributed by atoms with Crippen LogP contribution >= 0.6 is 11.3 Å². The van der Waals surface area contributed by atoms with Gasteiger partial charge in [-0.05, 0) is 17.5 Å². The van der Waals surface area contributed by atoms with Crippen LogP contribution in [-0.2, 0) is 15.0 Å². The SMILES string of the molecule is CC(=O)N1C(=O)[C@@]2(C(C#N)=C(N)Oc3n[nH]c(-c4cccs4)c32)c2ccccc21. The fourth-order valence-corrected chi connectivity index (χ4v) is 4.85. The maximum absolute atomic E-state index is 13.8. The van der Waals surface area contributed by atoms with E-state index < -0.39 is 17.2 Å². The van der Waals surface area contributed by atoms with Crippen molar-refractivity contribution in [1.82, 2.24) is 10.2 Å². The Balaban J connectivity index is 1.95. The van der Waals surface area contributed by atoms with Gasteiger partial charge in [0.2, 0.25) is 17.7 Å². The number of imide groups is 1. The summed E-state index contributed by atoms with van der Waals surface area (Å²) in [6.45, 7) is 1.31. The van der Waals surface area contributed by atoms with Crippen LogP contribution in [0.2, 0.25) is 0 Å². The van der Waals surface area contributed by atoms with Gasteiger partial charge in [-0.2, -0.15) is 5.26 Å². The Morgan fingerprint density at radius 1 is 1.34 bits per heavy atom. The molecule has 2 amide bonds. The van der Waals surface area contributed by atoms with Crippen LogP contribution in [0.4, 0.5) is 5.69 Å². The number of H-pyrrole nitrogens is 1. The lowest BCUT2D eigenvalue weighted by Crippen LogP contribution is -2.47. The largest absolute Gasteiger partial charge is 0.420 e. The number of amides is 2. The number of aromatic nitrogens is 2. The molecule has 5 rings (SSSR count). The van der Waals surface area contributed by atoms with E-state index >= 15 is 0 Å². The second-order valence-electron chi connectivity index (χ2n) is 6.64. The van der Waals surface area contributed by atoms with Crippen LogP contribution in [0.25, 0.3) is 10.6 Å². The molecule has 0 saturated heterocycles. The molecule has 0 aliphatic carbocycles. The number of fused-ring (bicyclic) bond motifs is 4. The summed E-state index contributed by atoms with van der Waals surface area (Å²) in [5.74, 6) is -1.13. The van der Waals surface area contributed by atoms with Crippen molar-refractivity contribution in [2.75, 3.05) is 4.90 Å². The number of rotatable bonds is 1. The van der Waals surface area contributed by atoms with E-state index in [1.54, 1.807) is 24.3 Å². The molecule has 3 aromatic rings. The van der Waals surface area contributed by atoms with Gasteiger partial charge in [-0.3, -0.25) is 14.7 Å². The number of carbonyl (C=O) groups excluding carboxylic acids is 2. The molecule has 3 N–H and O–H groups in total. The Hall–Kier alpha value is -3.90. The topological polar surface area (TPSA) is 125 Å². The summed E-state index contributed by atoms with van der Waals surface area (Å²) >= 11 is 1.45. The van der Waals surface area contributed by atoms with Gasteiger partial charge in [0.1, 0.15) is 17.1 Å². The van der Waals surface area contributed by atoms with E-state index in [-0.39, 0.29) is 17.3 Å². The fourth-order valence-electron chi connectivity index (χ4n) is 4.12. The van der Waals surface area contributed by atoms with Crippen LogP contribution < -0.4 is 15.4 Å². The minimum atomic E-state index is -1.62. The molecule has 1 aromatic carbocycles. The lowest BCUT2D eigenvalue weighted by Gasteiger charge is -2.32. The molecule has 29 heavy (non-hydrogen) atoms. The molecule has 1 atom stereocenters. The van der Waals surface area contributed by atoms with Crippen molar-refractivity contribution in [3.63, 3.8) is 0 Å². The second-order valence-corrected chi connectivity index (χ2v) is 7.58. The van der Waals surface area contributed by atoms with Gasteiger partial charge in [-0.25, -0.2) is 4.90 Å². The summed E-state index contributed by atoms with van der Waals surface area (Å²) in [6.07, 6.45) is 0. The Kier molecular flexibility index (Phi) is 3.44. The average molecular weight is 403 g/mol. The van der Waals surface area contributed by atoms with Crippen molar-refractivity contribution in [3.05, 3.63) is 64.4 Å². The zero-order valence-electron chi connectivity index (χ0n) is 15.1. The average Bonchev–Trinajstić information content (AvgIpc) is 3.40. The first-order valence-corrected chi connectivity index (χ1v) is 9.55. The van der Waals surface area contributed by atoms with E-state index in [2.05, 4.69) is 16.3 Å². The highest BCUT2D eigenvalue weighted by Crippen LogP contribution is 2.57. The van der Waals surface area contributed by atoms with Gasteiger partial charge in [0, 0.05) is 12.5 Å². The highest BCUT2D eigenvalue weighted by Gasteiger charge is 2.62. The Bertz CT molecular complexity index is 1270. The summed E-state index contributed by atoms with van der Waals surface area (Å²) in [5.41, 5.74) is 6.20. The minimum Gasteiger partial charge on any atom is -0.420 e. The van der Waals surface area contributed by atoms with Gasteiger partial charge in [0.15, 0.2) is 0 Å². The molecular weight excluding hydrogens is 390 g/mol. The van der Waals surface area contributed by atoms with Gasteiger partial charge < -0.3 is 10.5 Å². The molecule has 0 saturated carbocycles. The Morgan fingerprint density at radius 3 is 2.83 bits per heavy atom. The number of hydrogen-bond acceptors (Lipinski definition) is 7. The fraction of sp³-hybridized carbons (Fsp3) is 0.100. The summed E-state index contributed by atoms with van der Waals surface area (Å²) in [6, 6.07) is 12.7. The smallest absolute Gasteiger partial charge is 0.254 e. The number of ether oxygens (including phenoxy) is 1. The number of aromatic amines is 1. The standard InChI is InChI=1S/C20H13N5O3S/c1-10(26)25-13-6-3-2-5-11(13)20(19(25)27)12(9-21)17(22)28-18-15(20)16(23-24-18)14-7-4-8-29-14/h2-8H,22H2,1H3,(H,23,24)/t20-/m1/s1. The Morgan fingerprint density at radius 2 is 2.14 bits per heavy atom. The second kappa shape index (κ2) is 5.80. The molecule has 1 spiro atoms. The highest BCUT2D eigenvalue weighted by atomic mass is 32.1. The maximum Gasteiger partial charge on any atom is 0.254 e. The number of nitrogens with two attached hydrogens (primary N) is 1. The molecule has 0 unspecified atom stereocenters. The van der Waals surface area contributed by atoms with Gasteiger partial charge in [0.25, 0.3) is 5.91 Å². The third-order valence-electron chi connectivity index (χ3n) is 5.20. The first-order valence-electron chi connectivity index (χ1n) is 8.67. The predicted molar refractivity (Wildman–Crippen MR) is 105 cm³/mol. The number of anilines is 1. The summed E-state index contributed by atoms with van der Waals surface area (Å²) in [7, 11) is 0. The van der Waals surface area contributed by atoms with Crippen LogP contribution in [0.3, 0.4) is 0 Å². The number of benzene rings is 1. The quantitative estimate of drug-likeness (QED) is 0.643. The van der Waals surface area contributed by atoms with E-state index in [0.717, 1.165) is 9.78 Å². The van der Waals surface area contributed by atoms with Crippen LogP contribution in [0.1, 0.15) is 18.1 Å². The number of thiophene rings is 1. The van der Waals surface area contributed by atoms with E-state index in [4.69, 9.17) is 10.5 Å². The summed E-state index contributed by atoms with van der Waals surface area (Å²) in [4.78, 5) is 28.2. The first-order chi connectivity index (χ1) is 14.0. The lowest BCUT2D eigenvalue weighted by molar-refractivity contribution is -0.126. The monoisotopic (exact) mass is 403 g/mol. The van der Waals surface area contributed by atoms with Gasteiger partial charge in [-0.15, -0.1) is 16.4 Å². The highest BCUT2D eigenvalue weighted by molar-refractivity contribution is 7.13. The van der Waals surface area contributed by atoms with Gasteiger partial charge >= 0.3 is 0 Å². The molecule has 2 aliphatic heterocycles. The normalized spacial score (nSPS) is 19.7. The molecule has 9 heteroatoms. The third-order valence-corrected chi connectivity index (χ3v) is 6.09.